The lowest BCUT2D eigenvalue weighted by molar-refractivity contribution is 0.0654. The number of carbonyl (C=O) groups excluding carboxylic acids is 2. The lowest BCUT2D eigenvalue weighted by Gasteiger charge is -2.16. The summed E-state index contributed by atoms with van der Waals surface area (Å²) in [5.74, 6) is -0.722. The van der Waals surface area contributed by atoms with Crippen molar-refractivity contribution in [3.05, 3.63) is 59.4 Å². The first-order valence-corrected chi connectivity index (χ1v) is 10.3. The number of fused-ring (bicyclic) bond motifs is 1. The van der Waals surface area contributed by atoms with Crippen molar-refractivity contribution in [3.8, 4) is 0 Å². The third-order valence-corrected chi connectivity index (χ3v) is 6.89. The van der Waals surface area contributed by atoms with Crippen LogP contribution in [0.15, 0.2) is 47.5 Å². The van der Waals surface area contributed by atoms with Crippen LogP contribution in [-0.4, -0.2) is 54.1 Å². The van der Waals surface area contributed by atoms with Crippen molar-refractivity contribution >= 4 is 21.8 Å². The summed E-state index contributed by atoms with van der Waals surface area (Å²) < 4.78 is 26.6. The van der Waals surface area contributed by atoms with Gasteiger partial charge in [-0.05, 0) is 49.1 Å². The molecule has 0 spiro atoms. The van der Waals surface area contributed by atoms with E-state index in [4.69, 9.17) is 0 Å². The number of aromatic nitrogens is 1. The van der Waals surface area contributed by atoms with Crippen LogP contribution < -0.4 is 0 Å². The van der Waals surface area contributed by atoms with Gasteiger partial charge in [0.15, 0.2) is 0 Å². The summed E-state index contributed by atoms with van der Waals surface area (Å²) in [5.41, 5.74) is 1.38. The Balaban J connectivity index is 1.44. The fraction of sp³-hybridized carbons (Fsp3) is 0.316. The molecule has 1 fully saturated rings. The van der Waals surface area contributed by atoms with E-state index in [-0.39, 0.29) is 28.9 Å². The molecule has 1 aromatic heterocycles. The Morgan fingerprint density at radius 1 is 0.963 bits per heavy atom. The van der Waals surface area contributed by atoms with Crippen LogP contribution in [0.25, 0.3) is 0 Å². The first kappa shape index (κ1) is 17.8. The van der Waals surface area contributed by atoms with Gasteiger partial charge in [0.2, 0.25) is 10.0 Å². The van der Waals surface area contributed by atoms with Gasteiger partial charge in [0.05, 0.1) is 10.5 Å². The maximum Gasteiger partial charge on any atom is 0.280 e. The maximum atomic E-state index is 12.5. The molecule has 8 heteroatoms. The number of benzene rings is 1. The summed E-state index contributed by atoms with van der Waals surface area (Å²) in [6, 6.07) is 9.88. The number of hydrogen-bond acceptors (Lipinski definition) is 5. The van der Waals surface area contributed by atoms with Crippen LogP contribution >= 0.6 is 0 Å². The quantitative estimate of drug-likeness (QED) is 0.731. The van der Waals surface area contributed by atoms with Crippen molar-refractivity contribution in [2.45, 2.75) is 24.2 Å². The van der Waals surface area contributed by atoms with Gasteiger partial charge in [-0.25, -0.2) is 8.42 Å². The Bertz CT molecular complexity index is 961. The molecular weight excluding hydrogens is 366 g/mol. The molecule has 2 aromatic rings. The summed E-state index contributed by atoms with van der Waals surface area (Å²) in [6.45, 7) is 1.36. The van der Waals surface area contributed by atoms with E-state index in [9.17, 15) is 18.0 Å². The van der Waals surface area contributed by atoms with Gasteiger partial charge in [0.1, 0.15) is 5.69 Å². The molecule has 2 amide bonds. The highest BCUT2D eigenvalue weighted by Gasteiger charge is 2.36. The smallest absolute Gasteiger partial charge is 0.273 e. The molecular formula is C19H19N3O4S. The van der Waals surface area contributed by atoms with Crippen LogP contribution in [0.2, 0.25) is 0 Å². The van der Waals surface area contributed by atoms with Crippen molar-refractivity contribution in [3.63, 3.8) is 0 Å². The molecule has 7 nitrogen and oxygen atoms in total. The lowest BCUT2D eigenvalue weighted by Crippen LogP contribution is -2.32. The van der Waals surface area contributed by atoms with Gasteiger partial charge in [0, 0.05) is 25.8 Å². The molecule has 1 saturated heterocycles. The summed E-state index contributed by atoms with van der Waals surface area (Å²) in [6.07, 6.45) is 3.74. The van der Waals surface area contributed by atoms with Gasteiger partial charge in [0.25, 0.3) is 11.8 Å². The number of hydrogen-bond donors (Lipinski definition) is 0. The van der Waals surface area contributed by atoms with Crippen LogP contribution in [0.1, 0.15) is 39.3 Å². The van der Waals surface area contributed by atoms with Crippen LogP contribution in [0.3, 0.4) is 0 Å². The van der Waals surface area contributed by atoms with Gasteiger partial charge in [-0.1, -0.05) is 12.1 Å². The molecule has 2 aliphatic heterocycles. The average Bonchev–Trinajstić information content (AvgIpc) is 3.30. The Labute approximate surface area is 157 Å². The molecule has 3 heterocycles. The molecule has 4 rings (SSSR count). The van der Waals surface area contributed by atoms with Gasteiger partial charge in [-0.2, -0.15) is 4.31 Å². The number of pyridine rings is 1. The number of imide groups is 1. The normalized spacial score (nSPS) is 17.6. The van der Waals surface area contributed by atoms with E-state index in [1.807, 2.05) is 0 Å². The van der Waals surface area contributed by atoms with E-state index < -0.39 is 10.0 Å². The summed E-state index contributed by atoms with van der Waals surface area (Å²) in [4.78, 5) is 30.1. The van der Waals surface area contributed by atoms with Crippen molar-refractivity contribution in [2.75, 3.05) is 19.6 Å². The zero-order valence-corrected chi connectivity index (χ0v) is 15.5. The highest BCUT2D eigenvalue weighted by Crippen LogP contribution is 2.23. The van der Waals surface area contributed by atoms with E-state index in [0.29, 0.717) is 25.1 Å². The van der Waals surface area contributed by atoms with Gasteiger partial charge in [-0.3, -0.25) is 19.5 Å². The number of nitrogens with zero attached hydrogens (tertiary/aromatic N) is 3. The number of carbonyl (C=O) groups is 2. The van der Waals surface area contributed by atoms with E-state index in [1.54, 1.807) is 36.4 Å². The van der Waals surface area contributed by atoms with Crippen LogP contribution in [0.4, 0.5) is 0 Å². The minimum absolute atomic E-state index is 0.189. The summed E-state index contributed by atoms with van der Waals surface area (Å²) in [7, 11) is -3.43. The van der Waals surface area contributed by atoms with E-state index in [1.165, 1.54) is 15.4 Å². The molecule has 140 valence electrons. The zero-order chi connectivity index (χ0) is 19.0. The highest BCUT2D eigenvalue weighted by atomic mass is 32.2. The molecule has 0 N–H and O–H groups in total. The summed E-state index contributed by atoms with van der Waals surface area (Å²) >= 11 is 0. The van der Waals surface area contributed by atoms with Crippen LogP contribution in [-0.2, 0) is 16.4 Å². The Morgan fingerprint density at radius 3 is 2.33 bits per heavy atom. The highest BCUT2D eigenvalue weighted by molar-refractivity contribution is 7.89. The van der Waals surface area contributed by atoms with E-state index in [0.717, 1.165) is 18.4 Å². The topological polar surface area (TPSA) is 87.6 Å². The molecule has 0 bridgehead atoms. The Morgan fingerprint density at radius 2 is 1.67 bits per heavy atom. The molecule has 27 heavy (non-hydrogen) atoms. The fourth-order valence-electron chi connectivity index (χ4n) is 3.46. The Kier molecular flexibility index (Phi) is 4.53. The average molecular weight is 385 g/mol. The molecule has 0 radical (unpaired) electrons. The second kappa shape index (κ2) is 6.86. The number of sulfonamides is 1. The predicted octanol–water partition coefficient (Wildman–Crippen LogP) is 1.70. The van der Waals surface area contributed by atoms with Gasteiger partial charge < -0.3 is 0 Å². The Hall–Kier alpha value is -2.58. The maximum absolute atomic E-state index is 12.5. The molecule has 0 atom stereocenters. The van der Waals surface area contributed by atoms with E-state index >= 15 is 0 Å². The van der Waals surface area contributed by atoms with Crippen LogP contribution in [0, 0.1) is 0 Å². The molecule has 2 aliphatic rings. The number of amides is 2. The molecule has 1 aromatic carbocycles. The minimum Gasteiger partial charge on any atom is -0.273 e. The van der Waals surface area contributed by atoms with Crippen molar-refractivity contribution < 1.29 is 18.0 Å². The van der Waals surface area contributed by atoms with Gasteiger partial charge >= 0.3 is 0 Å². The second-order valence-electron chi connectivity index (χ2n) is 6.67. The first-order valence-electron chi connectivity index (χ1n) is 8.89. The van der Waals surface area contributed by atoms with Crippen LogP contribution in [0.5, 0.6) is 0 Å². The SMILES string of the molecule is O=C1c2cccnc2C(=O)N1CCc1ccc(S(=O)(=O)N2CCCC2)cc1. The zero-order valence-electron chi connectivity index (χ0n) is 14.7. The van der Waals surface area contributed by atoms with Crippen molar-refractivity contribution in [1.29, 1.82) is 0 Å². The largest absolute Gasteiger partial charge is 0.280 e. The fourth-order valence-corrected chi connectivity index (χ4v) is 4.98. The third kappa shape index (κ3) is 3.15. The predicted molar refractivity (Wildman–Crippen MR) is 97.7 cm³/mol. The summed E-state index contributed by atoms with van der Waals surface area (Å²) in [5, 5.41) is 0. The second-order valence-corrected chi connectivity index (χ2v) is 8.60. The van der Waals surface area contributed by atoms with Gasteiger partial charge in [-0.15, -0.1) is 0 Å². The first-order chi connectivity index (χ1) is 13.0. The molecule has 0 unspecified atom stereocenters. The monoisotopic (exact) mass is 385 g/mol. The number of rotatable bonds is 5. The molecule has 0 aliphatic carbocycles. The molecule has 0 saturated carbocycles. The van der Waals surface area contributed by atoms with Crippen molar-refractivity contribution in [2.24, 2.45) is 0 Å². The minimum atomic E-state index is -3.43. The third-order valence-electron chi connectivity index (χ3n) is 4.98. The lowest BCUT2D eigenvalue weighted by atomic mass is 10.1. The van der Waals surface area contributed by atoms with Crippen molar-refractivity contribution in [1.82, 2.24) is 14.2 Å². The standard InChI is InChI=1S/C19H19N3O4S/c23-18-16-4-3-10-20-17(16)19(24)22(18)13-9-14-5-7-15(8-6-14)27(25,26)21-11-1-2-12-21/h3-8,10H,1-2,9,11-13H2. The van der Waals surface area contributed by atoms with E-state index in [2.05, 4.69) is 4.98 Å².